The van der Waals surface area contributed by atoms with Crippen LogP contribution in [-0.2, 0) is 42.2 Å². The molecule has 1 radical (unpaired) electrons. The molecule has 0 aliphatic heterocycles. The highest BCUT2D eigenvalue weighted by Gasteiger charge is 2.32. The summed E-state index contributed by atoms with van der Waals surface area (Å²) in [4.78, 5) is 55.7. The summed E-state index contributed by atoms with van der Waals surface area (Å²) in [6.07, 6.45) is 0.727. The van der Waals surface area contributed by atoms with Crippen molar-refractivity contribution in [3.8, 4) is 0 Å². The van der Waals surface area contributed by atoms with Gasteiger partial charge in [-0.15, -0.1) is 5.79 Å². The Morgan fingerprint density at radius 1 is 0.959 bits per heavy atom. The molecule has 2 aromatic rings. The van der Waals surface area contributed by atoms with Gasteiger partial charge in [0.1, 0.15) is 6.04 Å². The zero-order valence-corrected chi connectivity index (χ0v) is 32.6. The van der Waals surface area contributed by atoms with Crippen molar-refractivity contribution in [3.05, 3.63) is 64.7 Å². The molecule has 0 heterocycles. The van der Waals surface area contributed by atoms with E-state index < -0.39 is 23.0 Å². The second-order valence-electron chi connectivity index (χ2n) is 14.4. The van der Waals surface area contributed by atoms with Gasteiger partial charge >= 0.3 is 0 Å². The van der Waals surface area contributed by atoms with Crippen LogP contribution in [0.15, 0.2) is 42.5 Å². The maximum Gasteiger partial charge on any atom is 0.249 e. The molecule has 4 N–H and O–H groups in total. The molecule has 2 aromatic carbocycles. The van der Waals surface area contributed by atoms with Crippen LogP contribution < -0.4 is 21.3 Å². The Morgan fingerprint density at radius 3 is 2.18 bits per heavy atom. The van der Waals surface area contributed by atoms with E-state index in [1.807, 2.05) is 84.1 Å². The quantitative estimate of drug-likeness (QED) is 0.187. The number of benzene rings is 2. The first kappa shape index (κ1) is 41.9. The summed E-state index contributed by atoms with van der Waals surface area (Å²) in [5.74, 6) is 1.64. The lowest BCUT2D eigenvalue weighted by molar-refractivity contribution is -0.141. The first-order valence-corrected chi connectivity index (χ1v) is 19.4. The minimum atomic E-state index is -0.812. The van der Waals surface area contributed by atoms with Crippen molar-refractivity contribution in [2.75, 3.05) is 38.2 Å². The summed E-state index contributed by atoms with van der Waals surface area (Å²) in [6.45, 7) is 16.9. The van der Waals surface area contributed by atoms with Gasteiger partial charge in [-0.2, -0.15) is 0 Å². The maximum atomic E-state index is 13.6. The van der Waals surface area contributed by atoms with E-state index in [4.69, 9.17) is 10.5 Å². The molecule has 2 rings (SSSR count). The number of carbonyl (C=O) groups is 4. The molecule has 1 atom stereocenters. The Kier molecular flexibility index (Phi) is 16.5. The standard InChI is InChI=1S/C37H56N5O5.CH3.Al/c1-11-42(34(45)27(5)40-33(44)22-39-32(43)20-28-13-15-29(16-14-28)25(2)3)31-17-12-26(4)30(21-31)23-41(10)35(46)36(6,7)18-19-47-37(8,9)24-38;;/h12-17,21,25,27H,4,11,18-20,22-24,38H2,1-3,5-10H3,(H,39,43)(H,40,44);1H3;. The number of carbonyl (C=O) groups excluding carboxylic acids is 4. The van der Waals surface area contributed by atoms with Gasteiger partial charge in [0.05, 0.1) is 18.6 Å². The molecular weight excluding hydrogens is 633 g/mol. The van der Waals surface area contributed by atoms with Crippen LogP contribution in [0.25, 0.3) is 0 Å². The van der Waals surface area contributed by atoms with Crippen molar-refractivity contribution in [2.24, 2.45) is 11.1 Å². The topological polar surface area (TPSA) is 134 Å². The van der Waals surface area contributed by atoms with Gasteiger partial charge in [-0.05, 0) is 68.9 Å². The number of hydrogen-bond acceptors (Lipinski definition) is 6. The highest BCUT2D eigenvalue weighted by atomic mass is 27.1. The Bertz CT molecular complexity index is 1410. The third kappa shape index (κ3) is 13.2. The van der Waals surface area contributed by atoms with Crippen molar-refractivity contribution in [1.29, 1.82) is 0 Å². The maximum absolute atomic E-state index is 13.6. The summed E-state index contributed by atoms with van der Waals surface area (Å²) in [7, 11) is 1.81. The Hall–Kier alpha value is -3.23. The van der Waals surface area contributed by atoms with Crippen LogP contribution >= 0.6 is 0 Å². The molecular formula is C38H59AlN5O5. The SMILES string of the molecule is CCN(C(=O)C(C)NC(=O)CNC(=O)Cc1ccc(C(C)C)cc1)c1ccc([CH2][Al][CH3])c(CN(C)C(=O)C(C)(C)CCOC(C)(C)CN)c1. The zero-order valence-electron chi connectivity index (χ0n) is 31.4. The van der Waals surface area contributed by atoms with Gasteiger partial charge in [0.15, 0.2) is 0 Å². The number of anilines is 1. The third-order valence-electron chi connectivity index (χ3n) is 8.76. The number of amides is 4. The Morgan fingerprint density at radius 2 is 1.61 bits per heavy atom. The van der Waals surface area contributed by atoms with Crippen molar-refractivity contribution in [1.82, 2.24) is 15.5 Å². The van der Waals surface area contributed by atoms with Crippen LogP contribution in [0, 0.1) is 5.41 Å². The fourth-order valence-electron chi connectivity index (χ4n) is 5.44. The molecule has 0 fully saturated rings. The molecule has 0 saturated carbocycles. The first-order valence-electron chi connectivity index (χ1n) is 17.4. The van der Waals surface area contributed by atoms with E-state index in [1.165, 1.54) is 5.56 Å². The molecule has 0 saturated heterocycles. The van der Waals surface area contributed by atoms with Gasteiger partial charge in [-0.25, -0.2) is 0 Å². The number of nitrogens with one attached hydrogen (secondary N) is 2. The molecule has 269 valence electrons. The van der Waals surface area contributed by atoms with Gasteiger partial charge in [0.2, 0.25) is 38.8 Å². The molecule has 0 aliphatic carbocycles. The first-order chi connectivity index (χ1) is 22.9. The number of ether oxygens (including phenoxy) is 1. The summed E-state index contributed by atoms with van der Waals surface area (Å²) in [5.41, 5.74) is 9.62. The van der Waals surface area contributed by atoms with Crippen LogP contribution in [0.2, 0.25) is 5.79 Å². The predicted octanol–water partition coefficient (Wildman–Crippen LogP) is 4.41. The van der Waals surface area contributed by atoms with Gasteiger partial charge in [0.25, 0.3) is 0 Å². The van der Waals surface area contributed by atoms with Crippen LogP contribution in [0.5, 0.6) is 0 Å². The molecule has 10 nitrogen and oxygen atoms in total. The van der Waals surface area contributed by atoms with Crippen LogP contribution in [0.1, 0.15) is 90.0 Å². The third-order valence-corrected chi connectivity index (χ3v) is 9.61. The predicted molar refractivity (Wildman–Crippen MR) is 199 cm³/mol. The zero-order chi connectivity index (χ0) is 36.9. The van der Waals surface area contributed by atoms with E-state index in [1.54, 1.807) is 16.7 Å². The number of nitrogens with two attached hydrogens (primary N) is 1. The van der Waals surface area contributed by atoms with Crippen molar-refractivity contribution in [2.45, 2.75) is 103 Å². The molecule has 49 heavy (non-hydrogen) atoms. The lowest BCUT2D eigenvalue weighted by Crippen LogP contribution is -2.49. The molecule has 0 aromatic heterocycles. The normalized spacial score (nSPS) is 12.3. The van der Waals surface area contributed by atoms with Crippen LogP contribution in [-0.4, -0.2) is 88.7 Å². The van der Waals surface area contributed by atoms with Crippen LogP contribution in [0.3, 0.4) is 0 Å². The number of rotatable bonds is 19. The molecule has 0 bridgehead atoms. The summed E-state index contributed by atoms with van der Waals surface area (Å²) in [6, 6.07) is 13.0. The second kappa shape index (κ2) is 19.2. The average molecular weight is 693 g/mol. The van der Waals surface area contributed by atoms with Crippen molar-refractivity contribution in [3.63, 3.8) is 0 Å². The van der Waals surface area contributed by atoms with Gasteiger partial charge in [0, 0.05) is 44.4 Å². The fraction of sp³-hybridized carbons (Fsp3) is 0.579. The van der Waals surface area contributed by atoms with E-state index in [-0.39, 0.29) is 45.9 Å². The smallest absolute Gasteiger partial charge is 0.249 e. The van der Waals surface area contributed by atoms with Crippen LogP contribution in [0.4, 0.5) is 5.69 Å². The van der Waals surface area contributed by atoms with Crippen molar-refractivity contribution < 1.29 is 23.9 Å². The summed E-state index contributed by atoms with van der Waals surface area (Å²) < 4.78 is 5.91. The lowest BCUT2D eigenvalue weighted by Gasteiger charge is -2.32. The van der Waals surface area contributed by atoms with Gasteiger partial charge in [-0.3, -0.25) is 19.2 Å². The minimum absolute atomic E-state index is 0.0118. The second-order valence-corrected chi connectivity index (χ2v) is 15.6. The molecule has 0 spiro atoms. The highest BCUT2D eigenvalue weighted by Crippen LogP contribution is 2.27. The van der Waals surface area contributed by atoms with E-state index in [0.29, 0.717) is 44.3 Å². The largest absolute Gasteiger partial charge is 0.374 e. The van der Waals surface area contributed by atoms with Crippen molar-refractivity contribution >= 4 is 44.5 Å². The number of nitrogens with zero attached hydrogens (tertiary/aromatic N) is 2. The molecule has 0 aliphatic rings. The van der Waals surface area contributed by atoms with E-state index in [2.05, 4.69) is 30.3 Å². The van der Waals surface area contributed by atoms with E-state index in [0.717, 1.165) is 22.0 Å². The number of hydrogen-bond donors (Lipinski definition) is 3. The monoisotopic (exact) mass is 692 g/mol. The fourth-order valence-corrected chi connectivity index (χ4v) is 6.28. The lowest BCUT2D eigenvalue weighted by atomic mass is 9.87. The summed E-state index contributed by atoms with van der Waals surface area (Å²) >= 11 is 0.186. The average Bonchev–Trinajstić information content (AvgIpc) is 3.04. The Balaban J connectivity index is 2.06. The summed E-state index contributed by atoms with van der Waals surface area (Å²) in [5, 5.41) is 6.31. The Labute approximate surface area is 300 Å². The van der Waals surface area contributed by atoms with E-state index >= 15 is 0 Å². The van der Waals surface area contributed by atoms with E-state index in [9.17, 15) is 19.2 Å². The number of likely N-dealkylation sites (N-methyl/N-ethyl adjacent to an activating group) is 1. The highest BCUT2D eigenvalue weighted by molar-refractivity contribution is 6.33. The van der Waals surface area contributed by atoms with Gasteiger partial charge in [-0.1, -0.05) is 68.9 Å². The molecule has 11 heteroatoms. The molecule has 4 amide bonds. The van der Waals surface area contributed by atoms with Gasteiger partial charge < -0.3 is 30.9 Å². The molecule has 1 unspecified atom stereocenters. The minimum Gasteiger partial charge on any atom is -0.374 e.